The Hall–Kier alpha value is -1.51. The number of carbonyl (C=O) groups excluding carboxylic acids is 1. The Morgan fingerprint density at radius 3 is 2.62 bits per heavy atom. The summed E-state index contributed by atoms with van der Waals surface area (Å²) in [6, 6.07) is 7.81. The molecule has 0 unspecified atom stereocenters. The van der Waals surface area contributed by atoms with Gasteiger partial charge in [0.05, 0.1) is 20.3 Å². The van der Waals surface area contributed by atoms with Crippen LogP contribution in [0.2, 0.25) is 0 Å². The summed E-state index contributed by atoms with van der Waals surface area (Å²) in [6.07, 6.45) is 1.12. The first-order valence-electron chi connectivity index (χ1n) is 8.00. The van der Waals surface area contributed by atoms with Gasteiger partial charge in [0.25, 0.3) is 0 Å². The number of benzene rings is 1. The fourth-order valence-corrected chi connectivity index (χ4v) is 2.01. The van der Waals surface area contributed by atoms with Gasteiger partial charge >= 0.3 is 5.97 Å². The van der Waals surface area contributed by atoms with Crippen molar-refractivity contribution < 1.29 is 14.3 Å². The first kappa shape index (κ1) is 22.5. The minimum absolute atomic E-state index is 0. The van der Waals surface area contributed by atoms with Crippen molar-refractivity contribution in [2.45, 2.75) is 33.2 Å². The molecule has 0 bridgehead atoms. The first-order valence-corrected chi connectivity index (χ1v) is 8.00. The van der Waals surface area contributed by atoms with Gasteiger partial charge in [-0.2, -0.15) is 0 Å². The molecule has 0 fully saturated rings. The average molecular weight is 449 g/mol. The fraction of sp³-hybridized carbons (Fsp3) is 0.529. The zero-order chi connectivity index (χ0) is 16.9. The van der Waals surface area contributed by atoms with Crippen LogP contribution < -0.4 is 15.4 Å². The number of hydrogen-bond donors (Lipinski definition) is 2. The predicted octanol–water partition coefficient (Wildman–Crippen LogP) is 2.71. The number of carbonyl (C=O) groups is 1. The Kier molecular flexibility index (Phi) is 13.0. The summed E-state index contributed by atoms with van der Waals surface area (Å²) in [7, 11) is 1.65. The van der Waals surface area contributed by atoms with Gasteiger partial charge in [-0.1, -0.05) is 18.2 Å². The monoisotopic (exact) mass is 449 g/mol. The zero-order valence-corrected chi connectivity index (χ0v) is 17.0. The molecule has 24 heavy (non-hydrogen) atoms. The summed E-state index contributed by atoms with van der Waals surface area (Å²) in [4.78, 5) is 15.8. The number of para-hydroxylation sites is 1. The van der Waals surface area contributed by atoms with Crippen LogP contribution in [0.3, 0.4) is 0 Å². The third kappa shape index (κ3) is 8.95. The van der Waals surface area contributed by atoms with E-state index in [0.29, 0.717) is 32.5 Å². The molecule has 0 atom stereocenters. The van der Waals surface area contributed by atoms with Crippen molar-refractivity contribution in [2.75, 3.05) is 26.8 Å². The van der Waals surface area contributed by atoms with Crippen LogP contribution in [-0.4, -0.2) is 38.7 Å². The van der Waals surface area contributed by atoms with E-state index in [1.54, 1.807) is 7.11 Å². The molecule has 6 nitrogen and oxygen atoms in total. The lowest BCUT2D eigenvalue weighted by Crippen LogP contribution is -2.37. The molecule has 0 saturated carbocycles. The molecule has 0 aliphatic rings. The SMILES string of the molecule is CCNC(=NCc1ccccc1OC)NCCCC(=O)OCC.I. The molecule has 7 heteroatoms. The van der Waals surface area contributed by atoms with E-state index in [1.165, 1.54) is 0 Å². The molecular formula is C17H28IN3O3. The Balaban J connectivity index is 0.00000529. The number of nitrogens with one attached hydrogen (secondary N) is 2. The number of nitrogens with zero attached hydrogens (tertiary/aromatic N) is 1. The summed E-state index contributed by atoms with van der Waals surface area (Å²) in [5.41, 5.74) is 1.03. The van der Waals surface area contributed by atoms with Gasteiger partial charge in [0.2, 0.25) is 0 Å². The molecule has 0 amide bonds. The van der Waals surface area contributed by atoms with Crippen LogP contribution in [0.1, 0.15) is 32.3 Å². The van der Waals surface area contributed by atoms with E-state index in [-0.39, 0.29) is 29.9 Å². The number of halogens is 1. The molecule has 0 aliphatic carbocycles. The number of ether oxygens (including phenoxy) is 2. The third-order valence-corrected chi connectivity index (χ3v) is 3.10. The minimum atomic E-state index is -0.162. The van der Waals surface area contributed by atoms with E-state index >= 15 is 0 Å². The van der Waals surface area contributed by atoms with Crippen molar-refractivity contribution in [1.82, 2.24) is 10.6 Å². The molecule has 2 N–H and O–H groups in total. The van der Waals surface area contributed by atoms with E-state index in [2.05, 4.69) is 15.6 Å². The standard InChI is InChI=1S/C17H27N3O3.HI/c1-4-18-17(19-12-8-11-16(21)23-5-2)20-13-14-9-6-7-10-15(14)22-3;/h6-7,9-10H,4-5,8,11-13H2,1-3H3,(H2,18,19,20);1H. The summed E-state index contributed by atoms with van der Waals surface area (Å²) < 4.78 is 10.2. The highest BCUT2D eigenvalue weighted by Gasteiger charge is 2.04. The highest BCUT2D eigenvalue weighted by Crippen LogP contribution is 2.17. The summed E-state index contributed by atoms with van der Waals surface area (Å²) >= 11 is 0. The molecule has 0 aliphatic heterocycles. The quantitative estimate of drug-likeness (QED) is 0.200. The highest BCUT2D eigenvalue weighted by atomic mass is 127. The molecular weight excluding hydrogens is 421 g/mol. The maximum atomic E-state index is 11.3. The topological polar surface area (TPSA) is 72.0 Å². The highest BCUT2D eigenvalue weighted by molar-refractivity contribution is 14.0. The lowest BCUT2D eigenvalue weighted by atomic mass is 10.2. The van der Waals surface area contributed by atoms with Crippen molar-refractivity contribution in [2.24, 2.45) is 4.99 Å². The van der Waals surface area contributed by atoms with Crippen molar-refractivity contribution >= 4 is 35.9 Å². The Bertz CT molecular complexity index is 510. The minimum Gasteiger partial charge on any atom is -0.496 e. The number of methoxy groups -OCH3 is 1. The normalized spacial score (nSPS) is 10.5. The van der Waals surface area contributed by atoms with E-state index in [1.807, 2.05) is 38.1 Å². The van der Waals surface area contributed by atoms with Gasteiger partial charge in [-0.15, -0.1) is 24.0 Å². The van der Waals surface area contributed by atoms with Crippen LogP contribution in [0, 0.1) is 0 Å². The van der Waals surface area contributed by atoms with E-state index < -0.39 is 0 Å². The maximum Gasteiger partial charge on any atom is 0.305 e. The molecule has 0 heterocycles. The maximum absolute atomic E-state index is 11.3. The molecule has 136 valence electrons. The van der Waals surface area contributed by atoms with Gasteiger partial charge in [-0.3, -0.25) is 4.79 Å². The largest absolute Gasteiger partial charge is 0.496 e. The van der Waals surface area contributed by atoms with Crippen LogP contribution in [0.15, 0.2) is 29.3 Å². The van der Waals surface area contributed by atoms with E-state index in [4.69, 9.17) is 9.47 Å². The first-order chi connectivity index (χ1) is 11.2. The number of hydrogen-bond acceptors (Lipinski definition) is 4. The van der Waals surface area contributed by atoms with Gasteiger partial charge in [-0.25, -0.2) is 4.99 Å². The van der Waals surface area contributed by atoms with Gasteiger partial charge in [0.15, 0.2) is 5.96 Å². The predicted molar refractivity (Wildman–Crippen MR) is 107 cm³/mol. The lowest BCUT2D eigenvalue weighted by Gasteiger charge is -2.12. The molecule has 1 rings (SSSR count). The molecule has 0 aromatic heterocycles. The van der Waals surface area contributed by atoms with Gasteiger partial charge < -0.3 is 20.1 Å². The average Bonchev–Trinajstić information content (AvgIpc) is 2.57. The lowest BCUT2D eigenvalue weighted by molar-refractivity contribution is -0.143. The van der Waals surface area contributed by atoms with Crippen LogP contribution in [0.25, 0.3) is 0 Å². The second-order valence-corrected chi connectivity index (χ2v) is 4.84. The Morgan fingerprint density at radius 2 is 1.96 bits per heavy atom. The molecule has 0 saturated heterocycles. The molecule has 1 aromatic rings. The zero-order valence-electron chi connectivity index (χ0n) is 14.6. The number of rotatable bonds is 9. The molecule has 0 radical (unpaired) electrons. The van der Waals surface area contributed by atoms with Crippen LogP contribution in [0.5, 0.6) is 5.75 Å². The van der Waals surface area contributed by atoms with Crippen LogP contribution in [0.4, 0.5) is 0 Å². The number of aliphatic imine (C=N–C) groups is 1. The molecule has 0 spiro atoms. The van der Waals surface area contributed by atoms with Gasteiger partial charge in [0, 0.05) is 25.1 Å². The van der Waals surface area contributed by atoms with Gasteiger partial charge in [0.1, 0.15) is 5.75 Å². The molecule has 1 aromatic carbocycles. The van der Waals surface area contributed by atoms with Gasteiger partial charge in [-0.05, 0) is 26.3 Å². The third-order valence-electron chi connectivity index (χ3n) is 3.10. The fourth-order valence-electron chi connectivity index (χ4n) is 2.01. The number of guanidine groups is 1. The van der Waals surface area contributed by atoms with Crippen molar-refractivity contribution in [3.63, 3.8) is 0 Å². The summed E-state index contributed by atoms with van der Waals surface area (Å²) in [5.74, 6) is 1.39. The Labute approximate surface area is 161 Å². The van der Waals surface area contributed by atoms with Crippen molar-refractivity contribution in [3.05, 3.63) is 29.8 Å². The van der Waals surface area contributed by atoms with Crippen molar-refractivity contribution in [1.29, 1.82) is 0 Å². The van der Waals surface area contributed by atoms with E-state index in [0.717, 1.165) is 23.8 Å². The second-order valence-electron chi connectivity index (χ2n) is 4.84. The van der Waals surface area contributed by atoms with Crippen molar-refractivity contribution in [3.8, 4) is 5.75 Å². The summed E-state index contributed by atoms with van der Waals surface area (Å²) in [6.45, 7) is 6.21. The summed E-state index contributed by atoms with van der Waals surface area (Å²) in [5, 5.41) is 6.40. The Morgan fingerprint density at radius 1 is 1.21 bits per heavy atom. The van der Waals surface area contributed by atoms with Crippen LogP contribution >= 0.6 is 24.0 Å². The smallest absolute Gasteiger partial charge is 0.305 e. The van der Waals surface area contributed by atoms with Crippen LogP contribution in [-0.2, 0) is 16.1 Å². The van der Waals surface area contributed by atoms with E-state index in [9.17, 15) is 4.79 Å². The second kappa shape index (κ2) is 13.9. The number of esters is 1.